The molecule has 35 heavy (non-hydrogen) atoms. The zero-order valence-electron chi connectivity index (χ0n) is 18.1. The van der Waals surface area contributed by atoms with Gasteiger partial charge in [0.1, 0.15) is 0 Å². The molecule has 0 aliphatic heterocycles. The van der Waals surface area contributed by atoms with Gasteiger partial charge in [0.15, 0.2) is 17.4 Å². The molecule has 2 heterocycles. The van der Waals surface area contributed by atoms with Gasteiger partial charge in [0.05, 0.1) is 23.8 Å². The average Bonchev–Trinajstić information content (AvgIpc) is 3.27. The second-order valence-corrected chi connectivity index (χ2v) is 7.64. The Kier molecular flexibility index (Phi) is 6.77. The van der Waals surface area contributed by atoms with E-state index in [1.807, 2.05) is 24.3 Å². The van der Waals surface area contributed by atoms with E-state index in [1.165, 1.54) is 32.4 Å². The van der Waals surface area contributed by atoms with Crippen LogP contribution in [0.3, 0.4) is 0 Å². The molecule has 0 bridgehead atoms. The van der Waals surface area contributed by atoms with Crippen LogP contribution in [-0.2, 0) is 4.79 Å². The molecular weight excluding hydrogens is 528 g/mol. The van der Waals surface area contributed by atoms with E-state index in [0.29, 0.717) is 5.69 Å². The topological polar surface area (TPSA) is 180 Å². The number of rotatable bonds is 8. The number of halogens is 1. The van der Waals surface area contributed by atoms with Crippen molar-refractivity contribution in [3.05, 3.63) is 56.5 Å². The Morgan fingerprint density at radius 2 is 1.83 bits per heavy atom. The highest BCUT2D eigenvalue weighted by Gasteiger charge is 2.25. The van der Waals surface area contributed by atoms with Crippen molar-refractivity contribution in [3.8, 4) is 11.5 Å². The van der Waals surface area contributed by atoms with Crippen LogP contribution in [0.15, 0.2) is 50.6 Å². The molecule has 0 aliphatic rings. The van der Waals surface area contributed by atoms with Crippen molar-refractivity contribution in [2.75, 3.05) is 17.9 Å². The first-order valence-electron chi connectivity index (χ1n) is 9.71. The molecule has 4 rings (SSSR count). The smallest absolute Gasteiger partial charge is 0.323 e. The highest BCUT2D eigenvalue weighted by Crippen LogP contribution is 2.39. The lowest BCUT2D eigenvalue weighted by Crippen LogP contribution is -2.07. The average molecular weight is 543 g/mol. The number of esters is 1. The zero-order chi connectivity index (χ0) is 24.9. The van der Waals surface area contributed by atoms with Gasteiger partial charge in [-0.25, -0.2) is 9.61 Å². The number of methoxy groups -OCH3 is 1. The van der Waals surface area contributed by atoms with Crippen LogP contribution < -0.4 is 20.2 Å². The van der Waals surface area contributed by atoms with Crippen LogP contribution in [0.1, 0.15) is 12.5 Å². The van der Waals surface area contributed by atoms with Crippen LogP contribution in [0.25, 0.3) is 11.3 Å². The zero-order valence-corrected chi connectivity index (χ0v) is 19.6. The van der Waals surface area contributed by atoms with Crippen molar-refractivity contribution in [3.63, 3.8) is 0 Å². The molecule has 0 radical (unpaired) electrons. The van der Waals surface area contributed by atoms with Crippen molar-refractivity contribution in [1.29, 1.82) is 0 Å². The first-order chi connectivity index (χ1) is 16.9. The summed E-state index contributed by atoms with van der Waals surface area (Å²) in [6.45, 7) is 1.17. The fraction of sp³-hybridized carbons (Fsp3) is 0.100. The van der Waals surface area contributed by atoms with Crippen LogP contribution in [0, 0.1) is 10.1 Å². The maximum absolute atomic E-state index is 11.7. The summed E-state index contributed by atoms with van der Waals surface area (Å²) in [5, 5.41) is 26.2. The number of nitrogens with zero attached hydrogens (tertiary/aromatic N) is 6. The van der Waals surface area contributed by atoms with E-state index in [0.717, 1.165) is 4.47 Å². The highest BCUT2D eigenvalue weighted by molar-refractivity contribution is 9.10. The minimum Gasteiger partial charge on any atom is -0.488 e. The third-order valence-corrected chi connectivity index (χ3v) is 4.89. The summed E-state index contributed by atoms with van der Waals surface area (Å²) in [5.41, 5.74) is 3.33. The Labute approximate surface area is 204 Å². The standard InChI is InChI=1S/C20H15BrN8O6/c1-10(30)34-14-8-3-11(15(29(31)32)16(14)33-2)9-22-26-18-17(23-13-6-4-12(21)5-7-13)24-19-20(25-18)28-35-27-19/h3-9H,1-2H3,(H,23,24,27)(H,25,26,28)/b22-9+. The van der Waals surface area contributed by atoms with Gasteiger partial charge in [0.25, 0.3) is 0 Å². The predicted molar refractivity (Wildman–Crippen MR) is 127 cm³/mol. The molecule has 0 amide bonds. The van der Waals surface area contributed by atoms with Gasteiger partial charge in [0.2, 0.25) is 17.0 Å². The Morgan fingerprint density at radius 1 is 1.14 bits per heavy atom. The molecule has 2 aromatic carbocycles. The van der Waals surface area contributed by atoms with Crippen LogP contribution in [0.2, 0.25) is 0 Å². The number of nitro benzene ring substituents is 1. The SMILES string of the molecule is COc1c(OC(C)=O)ccc(/C=N/Nc2nc3nonc3nc2Nc2ccc(Br)cc2)c1[N+](=O)[O-]. The molecule has 15 heteroatoms. The molecule has 0 saturated carbocycles. The van der Waals surface area contributed by atoms with Gasteiger partial charge in [-0.15, -0.1) is 0 Å². The number of nitrogens with one attached hydrogen (secondary N) is 2. The van der Waals surface area contributed by atoms with Crippen molar-refractivity contribution in [2.24, 2.45) is 5.10 Å². The largest absolute Gasteiger partial charge is 0.488 e. The minimum absolute atomic E-state index is 0.0785. The number of benzene rings is 2. The van der Waals surface area contributed by atoms with Crippen molar-refractivity contribution < 1.29 is 23.8 Å². The van der Waals surface area contributed by atoms with Gasteiger partial charge in [-0.05, 0) is 46.7 Å². The summed E-state index contributed by atoms with van der Waals surface area (Å²) in [7, 11) is 1.23. The fourth-order valence-corrected chi connectivity index (χ4v) is 3.19. The number of carbonyl (C=O) groups excluding carboxylic acids is 1. The maximum Gasteiger partial charge on any atom is 0.323 e. The molecule has 2 N–H and O–H groups in total. The first-order valence-corrected chi connectivity index (χ1v) is 10.5. The molecule has 0 spiro atoms. The lowest BCUT2D eigenvalue weighted by atomic mass is 10.1. The van der Waals surface area contributed by atoms with Gasteiger partial charge in [-0.2, -0.15) is 10.1 Å². The van der Waals surface area contributed by atoms with Gasteiger partial charge in [-0.3, -0.25) is 20.3 Å². The number of anilines is 3. The fourth-order valence-electron chi connectivity index (χ4n) is 2.93. The van der Waals surface area contributed by atoms with E-state index in [9.17, 15) is 14.9 Å². The van der Waals surface area contributed by atoms with Gasteiger partial charge in [-0.1, -0.05) is 15.9 Å². The summed E-state index contributed by atoms with van der Waals surface area (Å²) in [6, 6.07) is 10.0. The predicted octanol–water partition coefficient (Wildman–Crippen LogP) is 3.81. The molecular formula is C20H15BrN8O6. The van der Waals surface area contributed by atoms with E-state index in [4.69, 9.17) is 9.47 Å². The monoisotopic (exact) mass is 542 g/mol. The number of hydrogen-bond donors (Lipinski definition) is 2. The summed E-state index contributed by atoms with van der Waals surface area (Å²) in [5.74, 6) is -0.555. The number of aromatic nitrogens is 4. The summed E-state index contributed by atoms with van der Waals surface area (Å²) in [4.78, 5) is 31.0. The van der Waals surface area contributed by atoms with Gasteiger partial charge < -0.3 is 14.8 Å². The molecule has 4 aromatic rings. The summed E-state index contributed by atoms with van der Waals surface area (Å²) in [6.07, 6.45) is 1.19. The lowest BCUT2D eigenvalue weighted by molar-refractivity contribution is -0.385. The molecule has 0 unspecified atom stereocenters. The highest BCUT2D eigenvalue weighted by atomic mass is 79.9. The quantitative estimate of drug-likeness (QED) is 0.108. The molecule has 0 fully saturated rings. The lowest BCUT2D eigenvalue weighted by Gasteiger charge is -2.10. The van der Waals surface area contributed by atoms with Crippen LogP contribution in [0.5, 0.6) is 11.5 Å². The second-order valence-electron chi connectivity index (χ2n) is 6.72. The number of nitro groups is 1. The molecule has 14 nitrogen and oxygen atoms in total. The third-order valence-electron chi connectivity index (χ3n) is 4.36. The van der Waals surface area contributed by atoms with E-state index < -0.39 is 16.6 Å². The number of hydrazone groups is 1. The molecule has 178 valence electrons. The number of ether oxygens (including phenoxy) is 2. The Bertz CT molecular complexity index is 1440. The third kappa shape index (κ3) is 5.30. The summed E-state index contributed by atoms with van der Waals surface area (Å²) < 4.78 is 15.7. The van der Waals surface area contributed by atoms with Gasteiger partial charge >= 0.3 is 11.7 Å². The van der Waals surface area contributed by atoms with E-state index in [2.05, 4.69) is 56.7 Å². The van der Waals surface area contributed by atoms with E-state index in [-0.39, 0.29) is 40.0 Å². The van der Waals surface area contributed by atoms with Gasteiger partial charge in [0, 0.05) is 17.1 Å². The van der Waals surface area contributed by atoms with Crippen molar-refractivity contribution in [1.82, 2.24) is 20.3 Å². The Morgan fingerprint density at radius 3 is 2.46 bits per heavy atom. The number of hydrogen-bond acceptors (Lipinski definition) is 13. The minimum atomic E-state index is -0.666. The van der Waals surface area contributed by atoms with E-state index >= 15 is 0 Å². The number of fused-ring (bicyclic) bond motifs is 1. The van der Waals surface area contributed by atoms with Crippen LogP contribution in [-0.4, -0.2) is 44.5 Å². The Hall–Kier alpha value is -4.66. The summed E-state index contributed by atoms with van der Waals surface area (Å²) >= 11 is 3.37. The molecule has 2 aromatic heterocycles. The molecule has 0 aliphatic carbocycles. The second kappa shape index (κ2) is 10.1. The van der Waals surface area contributed by atoms with Crippen molar-refractivity contribution >= 4 is 62.4 Å². The first kappa shape index (κ1) is 23.5. The maximum atomic E-state index is 11.7. The van der Waals surface area contributed by atoms with Crippen LogP contribution in [0.4, 0.5) is 23.0 Å². The molecule has 0 saturated heterocycles. The number of carbonyl (C=O) groups is 1. The molecule has 0 atom stereocenters. The van der Waals surface area contributed by atoms with Crippen LogP contribution >= 0.6 is 15.9 Å². The normalized spacial score (nSPS) is 10.9. The Balaban J connectivity index is 1.66. The van der Waals surface area contributed by atoms with Crippen molar-refractivity contribution in [2.45, 2.75) is 6.92 Å². The van der Waals surface area contributed by atoms with E-state index in [1.54, 1.807) is 0 Å².